The Bertz CT molecular complexity index is 632. The lowest BCUT2D eigenvalue weighted by molar-refractivity contribution is 0.582. The molecule has 0 atom stereocenters. The number of imidazole rings is 1. The molecule has 0 fully saturated rings. The number of hydrogen-bond acceptors (Lipinski definition) is 3. The van der Waals surface area contributed by atoms with Gasteiger partial charge in [0.25, 0.3) is 0 Å². The van der Waals surface area contributed by atoms with E-state index < -0.39 is 9.04 Å². The number of aliphatic imine (C=N–C) groups is 1. The van der Waals surface area contributed by atoms with Crippen molar-refractivity contribution in [2.45, 2.75) is 26.9 Å². The van der Waals surface area contributed by atoms with Gasteiger partial charge in [-0.2, -0.15) is 0 Å². The second-order valence-corrected chi connectivity index (χ2v) is 7.45. The van der Waals surface area contributed by atoms with E-state index in [-0.39, 0.29) is 0 Å². The van der Waals surface area contributed by atoms with Crippen molar-refractivity contribution in [1.82, 2.24) is 9.55 Å². The first-order chi connectivity index (χ1) is 9.49. The molecule has 0 unspecified atom stereocenters. The topological polar surface area (TPSA) is 39.4 Å². The molecule has 0 saturated heterocycles. The van der Waals surface area contributed by atoms with Gasteiger partial charge in [0.05, 0.1) is 12.0 Å². The van der Waals surface area contributed by atoms with E-state index >= 15 is 0 Å². The first kappa shape index (κ1) is 14.5. The van der Waals surface area contributed by atoms with E-state index in [0.29, 0.717) is 0 Å². The van der Waals surface area contributed by atoms with Crippen LogP contribution in [0.3, 0.4) is 0 Å². The molecule has 2 rings (SSSR count). The first-order valence-electron chi connectivity index (χ1n) is 6.78. The van der Waals surface area contributed by atoms with Gasteiger partial charge in [-0.25, -0.2) is 9.98 Å². The van der Waals surface area contributed by atoms with E-state index in [1.54, 1.807) is 0 Å². The quantitative estimate of drug-likeness (QED) is 0.640. The highest BCUT2D eigenvalue weighted by atomic mass is 28.3. The Morgan fingerprint density at radius 2 is 2.00 bits per heavy atom. The maximum Gasteiger partial charge on any atom is 0.229 e. The van der Waals surface area contributed by atoms with Gasteiger partial charge in [0.15, 0.2) is 0 Å². The third-order valence-corrected chi connectivity index (χ3v) is 3.82. The zero-order chi connectivity index (χ0) is 14.7. The molecule has 0 N–H and O–H groups in total. The molecule has 106 valence electrons. The van der Waals surface area contributed by atoms with Crippen LogP contribution in [-0.2, 0) is 7.05 Å². The number of aryl methyl sites for hydroxylation is 1. The van der Waals surface area contributed by atoms with Crippen LogP contribution < -0.4 is 4.43 Å². The lowest BCUT2D eigenvalue weighted by Gasteiger charge is -2.12. The summed E-state index contributed by atoms with van der Waals surface area (Å²) < 4.78 is 7.92. The summed E-state index contributed by atoms with van der Waals surface area (Å²) in [7, 11) is 0.848. The molecule has 2 aromatic rings. The monoisotopic (exact) mass is 287 g/mol. The van der Waals surface area contributed by atoms with Crippen LogP contribution in [0.25, 0.3) is 0 Å². The Balaban J connectivity index is 2.37. The van der Waals surface area contributed by atoms with Gasteiger partial charge < -0.3 is 8.99 Å². The standard InChI is InChI=1S/C15H21N3OSi/c1-11(15-12(2)18(3)10-16-15)17-13-8-6-7-9-14(13)19-20(4)5/h6-10,20H,1-5H3. The molecule has 1 aromatic carbocycles. The molecule has 0 bridgehead atoms. The number of hydrogen-bond donors (Lipinski definition) is 0. The fourth-order valence-electron chi connectivity index (χ4n) is 1.98. The zero-order valence-corrected chi connectivity index (χ0v) is 13.9. The van der Waals surface area contributed by atoms with Gasteiger partial charge in [-0.15, -0.1) is 0 Å². The summed E-state index contributed by atoms with van der Waals surface area (Å²) in [5, 5.41) is 0. The summed E-state index contributed by atoms with van der Waals surface area (Å²) in [5.41, 5.74) is 3.83. The van der Waals surface area contributed by atoms with E-state index in [1.807, 2.05) is 56.1 Å². The van der Waals surface area contributed by atoms with Crippen LogP contribution in [0.1, 0.15) is 18.3 Å². The molecule has 1 heterocycles. The van der Waals surface area contributed by atoms with E-state index in [2.05, 4.69) is 18.1 Å². The maximum atomic E-state index is 5.92. The maximum absolute atomic E-state index is 5.92. The van der Waals surface area contributed by atoms with Crippen LogP contribution >= 0.6 is 0 Å². The van der Waals surface area contributed by atoms with E-state index in [1.165, 1.54) is 0 Å². The molecule has 4 nitrogen and oxygen atoms in total. The van der Waals surface area contributed by atoms with Gasteiger partial charge in [-0.1, -0.05) is 12.1 Å². The minimum atomic E-state index is -1.14. The molecule has 20 heavy (non-hydrogen) atoms. The van der Waals surface area contributed by atoms with Gasteiger partial charge in [-0.05, 0) is 39.1 Å². The number of para-hydroxylation sites is 2. The largest absolute Gasteiger partial charge is 0.546 e. The summed E-state index contributed by atoms with van der Waals surface area (Å²) in [6.07, 6.45) is 1.81. The van der Waals surface area contributed by atoms with Crippen molar-refractivity contribution >= 4 is 20.4 Å². The Morgan fingerprint density at radius 1 is 1.30 bits per heavy atom. The van der Waals surface area contributed by atoms with Gasteiger partial charge in [0.2, 0.25) is 9.04 Å². The average molecular weight is 287 g/mol. The van der Waals surface area contributed by atoms with Gasteiger partial charge in [0, 0.05) is 12.7 Å². The third-order valence-electron chi connectivity index (χ3n) is 3.09. The molecule has 0 aliphatic heterocycles. The molecule has 5 heteroatoms. The predicted molar refractivity (Wildman–Crippen MR) is 85.8 cm³/mol. The Morgan fingerprint density at radius 3 is 2.60 bits per heavy atom. The molecular weight excluding hydrogens is 266 g/mol. The normalized spacial score (nSPS) is 12.0. The second-order valence-electron chi connectivity index (χ2n) is 5.12. The molecule has 0 radical (unpaired) electrons. The summed E-state index contributed by atoms with van der Waals surface area (Å²) in [6, 6.07) is 7.91. The second kappa shape index (κ2) is 6.05. The minimum Gasteiger partial charge on any atom is -0.546 e. The number of nitrogens with zero attached hydrogens (tertiary/aromatic N) is 3. The third kappa shape index (κ3) is 3.16. The van der Waals surface area contributed by atoms with E-state index in [4.69, 9.17) is 9.42 Å². The fraction of sp³-hybridized carbons (Fsp3) is 0.333. The average Bonchev–Trinajstić information content (AvgIpc) is 2.72. The van der Waals surface area contributed by atoms with Gasteiger partial charge in [0.1, 0.15) is 17.1 Å². The van der Waals surface area contributed by atoms with Crippen molar-refractivity contribution in [3.63, 3.8) is 0 Å². The number of rotatable bonds is 4. The van der Waals surface area contributed by atoms with Crippen LogP contribution in [0.4, 0.5) is 5.69 Å². The molecule has 0 aliphatic rings. The number of benzene rings is 1. The van der Waals surface area contributed by atoms with Crippen molar-refractivity contribution in [2.24, 2.45) is 12.0 Å². The van der Waals surface area contributed by atoms with E-state index in [9.17, 15) is 0 Å². The Hall–Kier alpha value is -1.88. The van der Waals surface area contributed by atoms with Crippen molar-refractivity contribution < 1.29 is 4.43 Å². The van der Waals surface area contributed by atoms with Gasteiger partial charge in [-0.3, -0.25) is 0 Å². The summed E-state index contributed by atoms with van der Waals surface area (Å²) in [5.74, 6) is 0.863. The molecule has 0 saturated carbocycles. The highest BCUT2D eigenvalue weighted by Gasteiger charge is 2.09. The Kier molecular flexibility index (Phi) is 4.39. The first-order valence-corrected chi connectivity index (χ1v) is 9.56. The zero-order valence-electron chi connectivity index (χ0n) is 12.7. The summed E-state index contributed by atoms with van der Waals surface area (Å²) >= 11 is 0. The molecule has 1 aromatic heterocycles. The van der Waals surface area contributed by atoms with E-state index in [0.717, 1.165) is 28.5 Å². The lowest BCUT2D eigenvalue weighted by Crippen LogP contribution is -2.11. The molecule has 0 aliphatic carbocycles. The highest BCUT2D eigenvalue weighted by molar-refractivity contribution is 6.49. The molecular formula is C15H21N3OSi. The van der Waals surface area contributed by atoms with Crippen LogP contribution in [0.15, 0.2) is 35.6 Å². The van der Waals surface area contributed by atoms with Crippen molar-refractivity contribution in [3.05, 3.63) is 42.0 Å². The fourth-order valence-corrected chi connectivity index (χ4v) is 2.69. The van der Waals surface area contributed by atoms with Crippen LogP contribution in [0.2, 0.25) is 13.1 Å². The van der Waals surface area contributed by atoms with Crippen molar-refractivity contribution in [2.75, 3.05) is 0 Å². The van der Waals surface area contributed by atoms with Crippen LogP contribution in [0, 0.1) is 6.92 Å². The van der Waals surface area contributed by atoms with Crippen LogP contribution in [-0.4, -0.2) is 24.3 Å². The smallest absolute Gasteiger partial charge is 0.229 e. The summed E-state index contributed by atoms with van der Waals surface area (Å²) in [6.45, 7) is 8.33. The predicted octanol–water partition coefficient (Wildman–Crippen LogP) is 3.23. The van der Waals surface area contributed by atoms with Crippen molar-refractivity contribution in [1.29, 1.82) is 0 Å². The number of aromatic nitrogens is 2. The molecule has 0 amide bonds. The highest BCUT2D eigenvalue weighted by Crippen LogP contribution is 2.28. The summed E-state index contributed by atoms with van der Waals surface area (Å²) in [4.78, 5) is 9.10. The Labute approximate surface area is 121 Å². The lowest BCUT2D eigenvalue weighted by atomic mass is 10.2. The van der Waals surface area contributed by atoms with Gasteiger partial charge >= 0.3 is 0 Å². The molecule has 0 spiro atoms. The SMILES string of the molecule is CC(=Nc1ccccc1O[SiH](C)C)c1ncn(C)c1C. The minimum absolute atomic E-state index is 0.863. The van der Waals surface area contributed by atoms with Crippen molar-refractivity contribution in [3.8, 4) is 5.75 Å². The van der Waals surface area contributed by atoms with Crippen LogP contribution in [0.5, 0.6) is 5.75 Å².